The Kier molecular flexibility index (Phi) is 5.79. The van der Waals surface area contributed by atoms with Gasteiger partial charge in [0.2, 0.25) is 0 Å². The van der Waals surface area contributed by atoms with Crippen LogP contribution in [0.25, 0.3) is 11.1 Å². The molecular weight excluding hydrogens is 444 g/mol. The molecule has 0 saturated carbocycles. The minimum Gasteiger partial charge on any atom is -0.338 e. The quantitative estimate of drug-likeness (QED) is 0.220. The van der Waals surface area contributed by atoms with E-state index < -0.39 is 10.6 Å². The number of benzene rings is 4. The normalized spacial score (nSPS) is 17.4. The van der Waals surface area contributed by atoms with Crippen LogP contribution in [-0.2, 0) is 12.1 Å². The number of non-ortho nitro benzene ring substituents is 1. The fraction of sp³-hybridized carbons (Fsp3) is 0.0741. The summed E-state index contributed by atoms with van der Waals surface area (Å²) in [6.45, 7) is 0. The second-order valence-electron chi connectivity index (χ2n) is 8.16. The summed E-state index contributed by atoms with van der Waals surface area (Å²) in [5.41, 5.74) is 8.08. The van der Waals surface area contributed by atoms with E-state index in [0.717, 1.165) is 27.9 Å². The molecule has 1 saturated heterocycles. The number of anilines is 1. The zero-order chi connectivity index (χ0) is 23.5. The molecule has 34 heavy (non-hydrogen) atoms. The van der Waals surface area contributed by atoms with Crippen LogP contribution in [0.2, 0.25) is 0 Å². The van der Waals surface area contributed by atoms with Gasteiger partial charge in [-0.1, -0.05) is 84.9 Å². The summed E-state index contributed by atoms with van der Waals surface area (Å²) in [6, 6.07) is 35.2. The van der Waals surface area contributed by atoms with Gasteiger partial charge in [-0.3, -0.25) is 10.1 Å². The van der Waals surface area contributed by atoms with Gasteiger partial charge in [0.1, 0.15) is 5.66 Å². The van der Waals surface area contributed by atoms with Gasteiger partial charge in [0.05, 0.1) is 10.6 Å². The van der Waals surface area contributed by atoms with E-state index in [2.05, 4.69) is 59.3 Å². The van der Waals surface area contributed by atoms with Crippen molar-refractivity contribution in [1.29, 1.82) is 0 Å². The van der Waals surface area contributed by atoms with E-state index in [0.29, 0.717) is 11.5 Å². The van der Waals surface area contributed by atoms with E-state index >= 15 is 0 Å². The summed E-state index contributed by atoms with van der Waals surface area (Å²) in [5, 5.41) is 16.8. The van der Waals surface area contributed by atoms with Crippen LogP contribution in [0, 0.1) is 10.1 Å². The van der Waals surface area contributed by atoms with Gasteiger partial charge in [-0.2, -0.15) is 5.43 Å². The van der Waals surface area contributed by atoms with Crippen molar-refractivity contribution in [2.45, 2.75) is 12.1 Å². The number of thiocarbonyl (C=S) groups is 1. The Morgan fingerprint density at radius 1 is 0.794 bits per heavy atom. The molecule has 0 amide bonds. The number of nitro benzene ring substituents is 1. The van der Waals surface area contributed by atoms with Crippen molar-refractivity contribution >= 4 is 28.7 Å². The highest BCUT2D eigenvalue weighted by molar-refractivity contribution is 7.80. The first kappa shape index (κ1) is 21.8. The third-order valence-corrected chi connectivity index (χ3v) is 6.23. The van der Waals surface area contributed by atoms with E-state index in [1.807, 2.05) is 36.4 Å². The molecule has 2 N–H and O–H groups in total. The van der Waals surface area contributed by atoms with Crippen LogP contribution in [0.15, 0.2) is 109 Å². The first-order valence-electron chi connectivity index (χ1n) is 10.9. The minimum atomic E-state index is -0.685. The lowest BCUT2D eigenvalue weighted by atomic mass is 9.91. The van der Waals surface area contributed by atoms with Crippen molar-refractivity contribution in [3.8, 4) is 11.1 Å². The summed E-state index contributed by atoms with van der Waals surface area (Å²) < 4.78 is 0. The Bertz CT molecular complexity index is 1310. The van der Waals surface area contributed by atoms with E-state index in [9.17, 15) is 10.1 Å². The average Bonchev–Trinajstić information content (AvgIpc) is 3.22. The molecule has 0 radical (unpaired) electrons. The number of hydrogen-bond acceptors (Lipinski definition) is 4. The highest BCUT2D eigenvalue weighted by Gasteiger charge is 2.42. The van der Waals surface area contributed by atoms with Gasteiger partial charge in [-0.25, -0.2) is 5.01 Å². The van der Waals surface area contributed by atoms with Gasteiger partial charge < -0.3 is 5.32 Å². The number of hydrogen-bond donors (Lipinski definition) is 2. The third-order valence-electron chi connectivity index (χ3n) is 5.94. The van der Waals surface area contributed by atoms with Gasteiger partial charge in [-0.05, 0) is 46.6 Å². The molecule has 1 aliphatic rings. The molecule has 168 valence electrons. The van der Waals surface area contributed by atoms with Crippen LogP contribution >= 0.6 is 12.2 Å². The molecule has 4 aromatic rings. The van der Waals surface area contributed by atoms with E-state index in [4.69, 9.17) is 12.2 Å². The van der Waals surface area contributed by atoms with Crippen molar-refractivity contribution in [2.24, 2.45) is 0 Å². The molecule has 0 aliphatic carbocycles. The molecule has 7 heteroatoms. The Balaban J connectivity index is 1.51. The number of hydrazine groups is 1. The first-order valence-corrected chi connectivity index (χ1v) is 11.3. The second-order valence-corrected chi connectivity index (χ2v) is 8.55. The number of rotatable bonds is 6. The van der Waals surface area contributed by atoms with E-state index in [1.54, 1.807) is 17.1 Å². The van der Waals surface area contributed by atoms with Crippen LogP contribution in [-0.4, -0.2) is 10.0 Å². The van der Waals surface area contributed by atoms with Crippen LogP contribution in [0.5, 0.6) is 0 Å². The summed E-state index contributed by atoms with van der Waals surface area (Å²) >= 11 is 5.69. The van der Waals surface area contributed by atoms with Gasteiger partial charge in [-0.15, -0.1) is 0 Å². The van der Waals surface area contributed by atoms with Crippen molar-refractivity contribution in [3.05, 3.63) is 130 Å². The molecule has 6 nitrogen and oxygen atoms in total. The molecule has 0 aromatic heterocycles. The summed E-state index contributed by atoms with van der Waals surface area (Å²) in [5.74, 6) is 0. The van der Waals surface area contributed by atoms with Crippen LogP contribution < -0.4 is 15.8 Å². The zero-order valence-corrected chi connectivity index (χ0v) is 19.0. The van der Waals surface area contributed by atoms with E-state index in [1.165, 1.54) is 12.1 Å². The predicted octanol–water partition coefficient (Wildman–Crippen LogP) is 5.56. The van der Waals surface area contributed by atoms with Gasteiger partial charge in [0, 0.05) is 18.6 Å². The number of nitro groups is 1. The molecular formula is C27H22N4O2S. The smallest absolute Gasteiger partial charge is 0.269 e. The first-order chi connectivity index (χ1) is 16.5. The summed E-state index contributed by atoms with van der Waals surface area (Å²) in [4.78, 5) is 10.6. The fourth-order valence-corrected chi connectivity index (χ4v) is 4.54. The maximum Gasteiger partial charge on any atom is 0.269 e. The largest absolute Gasteiger partial charge is 0.338 e. The molecule has 1 aliphatic heterocycles. The Morgan fingerprint density at radius 3 is 2.00 bits per heavy atom. The Labute approximate surface area is 203 Å². The van der Waals surface area contributed by atoms with Crippen LogP contribution in [0.1, 0.15) is 11.1 Å². The average molecular weight is 467 g/mol. The lowest BCUT2D eigenvalue weighted by molar-refractivity contribution is -0.384. The van der Waals surface area contributed by atoms with Crippen LogP contribution in [0.4, 0.5) is 11.4 Å². The predicted molar refractivity (Wildman–Crippen MR) is 138 cm³/mol. The van der Waals surface area contributed by atoms with Crippen molar-refractivity contribution in [3.63, 3.8) is 0 Å². The molecule has 1 atom stereocenters. The SMILES string of the molecule is O=[N+]([O-])c1ccc(N2NC(Cc3ccccc3)(c3ccc(-c4ccccc4)cc3)NC2=S)cc1. The molecule has 1 fully saturated rings. The molecule has 0 bridgehead atoms. The standard InChI is InChI=1S/C27H22N4O2S/c32-31(33)25-17-15-24(16-18-25)30-26(34)28-27(29-30,19-20-7-3-1-4-8-20)23-13-11-22(12-14-23)21-9-5-2-6-10-21/h1-18,29H,19H2,(H,28,34). The zero-order valence-electron chi connectivity index (χ0n) is 18.2. The molecule has 1 unspecified atom stereocenters. The number of nitrogens with one attached hydrogen (secondary N) is 2. The second kappa shape index (κ2) is 9.05. The highest BCUT2D eigenvalue weighted by atomic mass is 32.1. The van der Waals surface area contributed by atoms with Crippen LogP contribution in [0.3, 0.4) is 0 Å². The lowest BCUT2D eigenvalue weighted by Gasteiger charge is -2.31. The highest BCUT2D eigenvalue weighted by Crippen LogP contribution is 2.32. The third kappa shape index (κ3) is 4.26. The molecule has 0 spiro atoms. The van der Waals surface area contributed by atoms with E-state index in [-0.39, 0.29) is 5.69 Å². The van der Waals surface area contributed by atoms with Crippen molar-refractivity contribution < 1.29 is 4.92 Å². The molecule has 4 aromatic carbocycles. The monoisotopic (exact) mass is 466 g/mol. The lowest BCUT2D eigenvalue weighted by Crippen LogP contribution is -2.50. The molecule has 5 rings (SSSR count). The van der Waals surface area contributed by atoms with Gasteiger partial charge in [0.25, 0.3) is 5.69 Å². The fourth-order valence-electron chi connectivity index (χ4n) is 4.22. The Morgan fingerprint density at radius 2 is 1.38 bits per heavy atom. The topological polar surface area (TPSA) is 70.4 Å². The maximum absolute atomic E-state index is 11.1. The number of nitrogens with zero attached hydrogens (tertiary/aromatic N) is 2. The van der Waals surface area contributed by atoms with Crippen molar-refractivity contribution in [1.82, 2.24) is 10.7 Å². The summed E-state index contributed by atoms with van der Waals surface area (Å²) in [7, 11) is 0. The van der Waals surface area contributed by atoms with Gasteiger partial charge >= 0.3 is 0 Å². The van der Waals surface area contributed by atoms with Gasteiger partial charge in [0.15, 0.2) is 5.11 Å². The summed E-state index contributed by atoms with van der Waals surface area (Å²) in [6.07, 6.45) is 0.641. The Hall–Kier alpha value is -4.07. The molecule has 1 heterocycles. The van der Waals surface area contributed by atoms with Crippen molar-refractivity contribution in [2.75, 3.05) is 5.01 Å². The maximum atomic E-state index is 11.1. The minimum absolute atomic E-state index is 0.0360.